The summed E-state index contributed by atoms with van der Waals surface area (Å²) in [7, 11) is 0. The van der Waals surface area contributed by atoms with Gasteiger partial charge in [0.2, 0.25) is 0 Å². The smallest absolute Gasteiger partial charge is 0.320 e. The van der Waals surface area contributed by atoms with E-state index in [1.165, 1.54) is 4.90 Å². The molecule has 7 heteroatoms. The summed E-state index contributed by atoms with van der Waals surface area (Å²) < 4.78 is 0. The number of hydrogen-bond acceptors (Lipinski definition) is 4. The van der Waals surface area contributed by atoms with Crippen molar-refractivity contribution in [2.45, 2.75) is 43.6 Å². The Hall–Kier alpha value is -1.76. The van der Waals surface area contributed by atoms with Gasteiger partial charge in [-0.05, 0) is 13.3 Å². The number of nitrogens with one attached hydrogen (secondary N) is 2. The first-order valence-corrected chi connectivity index (χ1v) is 7.14. The van der Waals surface area contributed by atoms with E-state index in [1.54, 1.807) is 0 Å². The number of hydrogen-bond donors (Lipinski definition) is 3. The second-order valence-electron chi connectivity index (χ2n) is 5.89. The topological polar surface area (TPSA) is 84.9 Å². The largest absolute Gasteiger partial charge is 0.368 e. The molecule has 1 saturated carbocycles. The number of nitrogens with zero attached hydrogens (tertiary/aromatic N) is 2. The average molecular weight is 278 g/mol. The van der Waals surface area contributed by atoms with Crippen molar-refractivity contribution in [1.82, 2.24) is 20.4 Å². The van der Waals surface area contributed by atoms with Gasteiger partial charge in [0.05, 0.1) is 17.8 Å². The molecule has 4 aliphatic rings. The van der Waals surface area contributed by atoms with Crippen LogP contribution in [0.1, 0.15) is 19.8 Å². The molecule has 4 atom stereocenters. The number of carbonyl (C=O) groups excluding carboxylic acids is 2. The van der Waals surface area contributed by atoms with Crippen LogP contribution in [0.2, 0.25) is 0 Å². The van der Waals surface area contributed by atoms with Crippen molar-refractivity contribution in [1.29, 1.82) is 0 Å². The second-order valence-corrected chi connectivity index (χ2v) is 5.89. The molecule has 0 spiro atoms. The highest BCUT2D eigenvalue weighted by Crippen LogP contribution is 2.43. The van der Waals surface area contributed by atoms with Crippen molar-refractivity contribution in [3.8, 4) is 0 Å². The molecule has 7 nitrogen and oxygen atoms in total. The van der Waals surface area contributed by atoms with Gasteiger partial charge in [0.1, 0.15) is 6.04 Å². The zero-order valence-electron chi connectivity index (χ0n) is 11.3. The maximum Gasteiger partial charge on any atom is 0.320 e. The Kier molecular flexibility index (Phi) is 2.20. The highest BCUT2D eigenvalue weighted by Gasteiger charge is 2.65. The van der Waals surface area contributed by atoms with Gasteiger partial charge < -0.3 is 20.6 Å². The van der Waals surface area contributed by atoms with Gasteiger partial charge in [0, 0.05) is 19.5 Å². The van der Waals surface area contributed by atoms with E-state index in [0.717, 1.165) is 13.0 Å². The summed E-state index contributed by atoms with van der Waals surface area (Å²) in [5.41, 5.74) is -0.490. The lowest BCUT2D eigenvalue weighted by molar-refractivity contribution is -0.122. The van der Waals surface area contributed by atoms with E-state index in [0.29, 0.717) is 18.7 Å². The Balaban J connectivity index is 1.72. The SMILES string of the molecule is CCN1C(=O)N[C@H]2[C@@H]3NC(=O)C4=CCCN4[C@@H]3C[C@]21O. The van der Waals surface area contributed by atoms with Crippen LogP contribution in [0.3, 0.4) is 0 Å². The van der Waals surface area contributed by atoms with Crippen LogP contribution in [0.25, 0.3) is 0 Å². The molecular weight excluding hydrogens is 260 g/mol. The molecule has 3 N–H and O–H groups in total. The van der Waals surface area contributed by atoms with E-state index < -0.39 is 11.8 Å². The van der Waals surface area contributed by atoms with E-state index >= 15 is 0 Å². The predicted octanol–water partition coefficient (Wildman–Crippen LogP) is -1.05. The fraction of sp³-hybridized carbons (Fsp3) is 0.692. The molecule has 108 valence electrons. The quantitative estimate of drug-likeness (QED) is 0.571. The average Bonchev–Trinajstić information content (AvgIpc) is 3.03. The molecule has 0 bridgehead atoms. The Morgan fingerprint density at radius 3 is 3.00 bits per heavy atom. The molecule has 2 saturated heterocycles. The fourth-order valence-corrected chi connectivity index (χ4v) is 4.21. The van der Waals surface area contributed by atoms with Crippen molar-refractivity contribution in [2.75, 3.05) is 13.1 Å². The van der Waals surface area contributed by atoms with Crippen molar-refractivity contribution in [3.05, 3.63) is 11.8 Å². The lowest BCUT2D eigenvalue weighted by Gasteiger charge is -2.39. The van der Waals surface area contributed by atoms with Gasteiger partial charge >= 0.3 is 6.03 Å². The van der Waals surface area contributed by atoms with Gasteiger partial charge in [-0.3, -0.25) is 9.69 Å². The number of likely N-dealkylation sites (N-methyl/N-ethyl adjacent to an activating group) is 1. The van der Waals surface area contributed by atoms with Crippen LogP contribution >= 0.6 is 0 Å². The molecule has 20 heavy (non-hydrogen) atoms. The summed E-state index contributed by atoms with van der Waals surface area (Å²) in [5.74, 6) is -0.0998. The van der Waals surface area contributed by atoms with Gasteiger partial charge in [-0.1, -0.05) is 6.08 Å². The highest BCUT2D eigenvalue weighted by atomic mass is 16.3. The summed E-state index contributed by atoms with van der Waals surface area (Å²) in [6.45, 7) is 3.11. The van der Waals surface area contributed by atoms with Crippen molar-refractivity contribution >= 4 is 11.9 Å². The number of fused-ring (bicyclic) bond motifs is 5. The standard InChI is InChI=1S/C13H18N4O3/c1-2-17-12(19)15-10-9-8(6-13(10,17)20)16-5-3-4-7(16)11(18)14-9/h4,8-10,20H,2-3,5-6H2,1H3,(H,14,18)(H,15,19)/t8-,9-,10+,13+/m1/s1. The van der Waals surface area contributed by atoms with Crippen LogP contribution in [0, 0.1) is 0 Å². The maximum atomic E-state index is 12.1. The van der Waals surface area contributed by atoms with Gasteiger partial charge in [0.15, 0.2) is 5.72 Å². The van der Waals surface area contributed by atoms with Crippen LogP contribution in [-0.2, 0) is 4.79 Å². The van der Waals surface area contributed by atoms with Crippen molar-refractivity contribution in [3.63, 3.8) is 0 Å². The van der Waals surface area contributed by atoms with E-state index in [2.05, 4.69) is 15.5 Å². The van der Waals surface area contributed by atoms with E-state index in [4.69, 9.17) is 0 Å². The Bertz CT molecular complexity index is 534. The highest BCUT2D eigenvalue weighted by molar-refractivity contribution is 5.95. The lowest BCUT2D eigenvalue weighted by Crippen LogP contribution is -2.61. The summed E-state index contributed by atoms with van der Waals surface area (Å²) in [6.07, 6.45) is 3.27. The molecule has 0 aromatic heterocycles. The number of rotatable bonds is 1. The van der Waals surface area contributed by atoms with E-state index in [9.17, 15) is 14.7 Å². The van der Waals surface area contributed by atoms with Gasteiger partial charge in [-0.25, -0.2) is 4.79 Å². The van der Waals surface area contributed by atoms with Crippen molar-refractivity contribution < 1.29 is 14.7 Å². The number of piperazine rings is 1. The van der Waals surface area contributed by atoms with E-state index in [-0.39, 0.29) is 24.0 Å². The third kappa shape index (κ3) is 1.24. The molecule has 3 amide bonds. The van der Waals surface area contributed by atoms with Gasteiger partial charge in [-0.2, -0.15) is 0 Å². The zero-order chi connectivity index (χ0) is 14.1. The molecule has 0 unspecified atom stereocenters. The fourth-order valence-electron chi connectivity index (χ4n) is 4.21. The molecule has 1 aliphatic carbocycles. The van der Waals surface area contributed by atoms with Crippen LogP contribution in [0.15, 0.2) is 11.8 Å². The molecule has 0 aromatic carbocycles. The number of aliphatic hydroxyl groups is 1. The number of amides is 3. The zero-order valence-corrected chi connectivity index (χ0v) is 11.3. The summed E-state index contributed by atoms with van der Waals surface area (Å²) in [6, 6.07) is -0.879. The Morgan fingerprint density at radius 2 is 2.25 bits per heavy atom. The summed E-state index contributed by atoms with van der Waals surface area (Å²) in [4.78, 5) is 27.6. The molecule has 0 aromatic rings. The summed E-state index contributed by atoms with van der Waals surface area (Å²) >= 11 is 0. The van der Waals surface area contributed by atoms with E-state index in [1.807, 2.05) is 13.0 Å². The minimum atomic E-state index is -1.20. The minimum absolute atomic E-state index is 0.0473. The third-order valence-electron chi connectivity index (χ3n) is 5.04. The maximum absolute atomic E-state index is 12.1. The Morgan fingerprint density at radius 1 is 1.45 bits per heavy atom. The molecule has 0 radical (unpaired) electrons. The molecular formula is C13H18N4O3. The normalized spacial score (nSPS) is 41.9. The third-order valence-corrected chi connectivity index (χ3v) is 5.04. The first-order valence-electron chi connectivity index (χ1n) is 7.14. The van der Waals surface area contributed by atoms with Crippen LogP contribution < -0.4 is 10.6 Å². The summed E-state index contributed by atoms with van der Waals surface area (Å²) in [5, 5.41) is 16.7. The first-order chi connectivity index (χ1) is 9.56. The minimum Gasteiger partial charge on any atom is -0.368 e. The Labute approximate surface area is 116 Å². The molecule has 3 heterocycles. The van der Waals surface area contributed by atoms with Crippen LogP contribution in [-0.4, -0.2) is 63.8 Å². The number of urea groups is 1. The monoisotopic (exact) mass is 278 g/mol. The first kappa shape index (κ1) is 12.0. The molecule has 4 rings (SSSR count). The lowest BCUT2D eigenvalue weighted by atomic mass is 10.0. The van der Waals surface area contributed by atoms with Gasteiger partial charge in [-0.15, -0.1) is 0 Å². The van der Waals surface area contributed by atoms with Crippen molar-refractivity contribution in [2.24, 2.45) is 0 Å². The van der Waals surface area contributed by atoms with Crippen LogP contribution in [0.4, 0.5) is 4.79 Å². The predicted molar refractivity (Wildman–Crippen MR) is 69.4 cm³/mol. The molecule has 3 fully saturated rings. The molecule has 3 aliphatic heterocycles. The van der Waals surface area contributed by atoms with Gasteiger partial charge in [0.25, 0.3) is 5.91 Å². The second kappa shape index (κ2) is 3.66. The van der Waals surface area contributed by atoms with Crippen LogP contribution in [0.5, 0.6) is 0 Å². The number of carbonyl (C=O) groups is 2.